The molecule has 0 atom stereocenters. The lowest BCUT2D eigenvalue weighted by Gasteiger charge is -2.37. The number of amides is 2. The molecule has 0 unspecified atom stereocenters. The van der Waals surface area contributed by atoms with Crippen LogP contribution in [0.15, 0.2) is 42.5 Å². The second kappa shape index (κ2) is 8.78. The number of anilines is 2. The van der Waals surface area contributed by atoms with Crippen molar-refractivity contribution >= 4 is 23.4 Å². The molecule has 2 amide bonds. The van der Waals surface area contributed by atoms with Crippen molar-refractivity contribution in [3.05, 3.63) is 59.2 Å². The topological polar surface area (TPSA) is 61.9 Å². The van der Waals surface area contributed by atoms with Crippen molar-refractivity contribution in [3.63, 3.8) is 0 Å². The number of piperazine rings is 1. The molecule has 1 heterocycles. The molecule has 28 heavy (non-hydrogen) atoms. The molecular weight excluding hydrogens is 354 g/mol. The maximum Gasteiger partial charge on any atom is 0.337 e. The van der Waals surface area contributed by atoms with Gasteiger partial charge in [0, 0.05) is 37.6 Å². The number of nitrogens with zero attached hydrogens (tertiary/aromatic N) is 2. The molecule has 1 aliphatic rings. The summed E-state index contributed by atoms with van der Waals surface area (Å²) in [4.78, 5) is 28.3. The molecule has 0 aromatic heterocycles. The maximum absolute atomic E-state index is 12.6. The highest BCUT2D eigenvalue weighted by molar-refractivity contribution is 5.92. The predicted octanol–water partition coefficient (Wildman–Crippen LogP) is 3.70. The number of ether oxygens (including phenoxy) is 1. The zero-order valence-electron chi connectivity index (χ0n) is 16.7. The van der Waals surface area contributed by atoms with Gasteiger partial charge in [0.15, 0.2) is 0 Å². The number of urea groups is 1. The molecule has 0 saturated carbocycles. The predicted molar refractivity (Wildman–Crippen MR) is 111 cm³/mol. The van der Waals surface area contributed by atoms with Gasteiger partial charge in [-0.2, -0.15) is 0 Å². The molecule has 148 valence electrons. The number of aryl methyl sites for hydroxylation is 2. The van der Waals surface area contributed by atoms with Gasteiger partial charge in [0.05, 0.1) is 12.7 Å². The smallest absolute Gasteiger partial charge is 0.337 e. The van der Waals surface area contributed by atoms with Gasteiger partial charge in [-0.05, 0) is 48.7 Å². The Labute approximate surface area is 166 Å². The van der Waals surface area contributed by atoms with Gasteiger partial charge < -0.3 is 19.9 Å². The van der Waals surface area contributed by atoms with Crippen LogP contribution in [0.5, 0.6) is 0 Å². The van der Waals surface area contributed by atoms with Crippen LogP contribution >= 0.6 is 0 Å². The fourth-order valence-corrected chi connectivity index (χ4v) is 3.60. The quantitative estimate of drug-likeness (QED) is 0.821. The van der Waals surface area contributed by atoms with Crippen molar-refractivity contribution in [2.24, 2.45) is 0 Å². The Morgan fingerprint density at radius 1 is 1.04 bits per heavy atom. The van der Waals surface area contributed by atoms with E-state index < -0.39 is 5.97 Å². The van der Waals surface area contributed by atoms with Crippen molar-refractivity contribution in [2.75, 3.05) is 43.5 Å². The number of hydrogen-bond acceptors (Lipinski definition) is 4. The highest BCUT2D eigenvalue weighted by Crippen LogP contribution is 2.27. The van der Waals surface area contributed by atoms with Crippen LogP contribution in [0, 0.1) is 6.92 Å². The first-order valence-electron chi connectivity index (χ1n) is 9.61. The normalized spacial score (nSPS) is 14.0. The van der Waals surface area contributed by atoms with E-state index in [0.717, 1.165) is 19.5 Å². The number of benzene rings is 2. The van der Waals surface area contributed by atoms with E-state index in [-0.39, 0.29) is 6.03 Å². The molecule has 0 radical (unpaired) electrons. The van der Waals surface area contributed by atoms with E-state index in [9.17, 15) is 9.59 Å². The van der Waals surface area contributed by atoms with E-state index in [1.807, 2.05) is 4.90 Å². The molecule has 1 saturated heterocycles. The second-order valence-corrected chi connectivity index (χ2v) is 6.91. The number of hydrogen-bond donors (Lipinski definition) is 1. The van der Waals surface area contributed by atoms with Crippen LogP contribution < -0.4 is 10.2 Å². The third kappa shape index (κ3) is 4.27. The largest absolute Gasteiger partial charge is 0.465 e. The molecule has 2 aromatic carbocycles. The Morgan fingerprint density at radius 2 is 1.71 bits per heavy atom. The number of nitrogens with one attached hydrogen (secondary N) is 1. The molecule has 6 nitrogen and oxygen atoms in total. The fourth-order valence-electron chi connectivity index (χ4n) is 3.60. The molecule has 2 aromatic rings. The van der Waals surface area contributed by atoms with Crippen LogP contribution in [0.25, 0.3) is 0 Å². The minimum Gasteiger partial charge on any atom is -0.465 e. The first-order valence-corrected chi connectivity index (χ1v) is 9.61. The summed E-state index contributed by atoms with van der Waals surface area (Å²) in [6, 6.07) is 13.0. The van der Waals surface area contributed by atoms with Crippen molar-refractivity contribution < 1.29 is 14.3 Å². The second-order valence-electron chi connectivity index (χ2n) is 6.91. The van der Waals surface area contributed by atoms with Gasteiger partial charge in [-0.3, -0.25) is 0 Å². The zero-order valence-corrected chi connectivity index (χ0v) is 16.7. The van der Waals surface area contributed by atoms with Gasteiger partial charge >= 0.3 is 12.0 Å². The monoisotopic (exact) mass is 381 g/mol. The number of carbonyl (C=O) groups excluding carboxylic acids is 2. The number of esters is 1. The van der Waals surface area contributed by atoms with E-state index in [1.165, 1.54) is 23.9 Å². The van der Waals surface area contributed by atoms with Crippen molar-refractivity contribution in [1.82, 2.24) is 4.90 Å². The molecule has 3 rings (SSSR count). The average molecular weight is 381 g/mol. The fraction of sp³-hybridized carbons (Fsp3) is 0.364. The van der Waals surface area contributed by atoms with Crippen molar-refractivity contribution in [1.29, 1.82) is 0 Å². The van der Waals surface area contributed by atoms with Gasteiger partial charge in [-0.1, -0.05) is 25.1 Å². The summed E-state index contributed by atoms with van der Waals surface area (Å²) in [6.07, 6.45) is 0.999. The molecule has 1 N–H and O–H groups in total. The molecule has 1 fully saturated rings. The maximum atomic E-state index is 12.6. The minimum atomic E-state index is -0.392. The lowest BCUT2D eigenvalue weighted by Crippen LogP contribution is -2.50. The molecule has 0 bridgehead atoms. The number of methoxy groups -OCH3 is 1. The van der Waals surface area contributed by atoms with Crippen LogP contribution in [0.4, 0.5) is 16.2 Å². The first kappa shape index (κ1) is 19.7. The van der Waals surface area contributed by atoms with E-state index in [0.29, 0.717) is 24.3 Å². The van der Waals surface area contributed by atoms with Gasteiger partial charge in [-0.15, -0.1) is 0 Å². The highest BCUT2D eigenvalue weighted by atomic mass is 16.5. The van der Waals surface area contributed by atoms with E-state index in [2.05, 4.69) is 47.0 Å². The standard InChI is InChI=1S/C22H27N3O3/c1-4-17-7-5-6-16(2)20(17)24-12-14-25(15-13-24)22(27)23-19-10-8-18(9-11-19)21(26)28-3/h5-11H,4,12-15H2,1-3H3,(H,23,27). The van der Waals surface area contributed by atoms with Crippen molar-refractivity contribution in [3.8, 4) is 0 Å². The minimum absolute atomic E-state index is 0.119. The Balaban J connectivity index is 1.59. The Hall–Kier alpha value is -3.02. The lowest BCUT2D eigenvalue weighted by molar-refractivity contribution is 0.0600. The van der Waals surface area contributed by atoms with Crippen LogP contribution in [0.3, 0.4) is 0 Å². The Morgan fingerprint density at radius 3 is 2.32 bits per heavy atom. The summed E-state index contributed by atoms with van der Waals surface area (Å²) in [6.45, 7) is 7.28. The third-order valence-electron chi connectivity index (χ3n) is 5.14. The summed E-state index contributed by atoms with van der Waals surface area (Å²) >= 11 is 0. The molecule has 0 spiro atoms. The van der Waals surface area contributed by atoms with Gasteiger partial charge in [0.1, 0.15) is 0 Å². The molecule has 6 heteroatoms. The van der Waals surface area contributed by atoms with Crippen LogP contribution in [-0.2, 0) is 11.2 Å². The van der Waals surface area contributed by atoms with Crippen molar-refractivity contribution in [2.45, 2.75) is 20.3 Å². The third-order valence-corrected chi connectivity index (χ3v) is 5.14. The highest BCUT2D eigenvalue weighted by Gasteiger charge is 2.23. The first-order chi connectivity index (χ1) is 13.5. The molecule has 0 aliphatic carbocycles. The van der Waals surface area contributed by atoms with Gasteiger partial charge in [-0.25, -0.2) is 9.59 Å². The van der Waals surface area contributed by atoms with Crippen LogP contribution in [-0.4, -0.2) is 50.2 Å². The average Bonchev–Trinajstić information content (AvgIpc) is 2.73. The molecular formula is C22H27N3O3. The lowest BCUT2D eigenvalue weighted by atomic mass is 10.0. The Kier molecular flexibility index (Phi) is 6.19. The summed E-state index contributed by atoms with van der Waals surface area (Å²) in [5.74, 6) is -0.392. The molecule has 1 aliphatic heterocycles. The number of para-hydroxylation sites is 1. The van der Waals surface area contributed by atoms with E-state index >= 15 is 0 Å². The zero-order chi connectivity index (χ0) is 20.1. The van der Waals surface area contributed by atoms with Gasteiger partial charge in [0.25, 0.3) is 0 Å². The summed E-state index contributed by atoms with van der Waals surface area (Å²) in [5.41, 5.74) is 5.06. The number of carbonyl (C=O) groups is 2. The van der Waals surface area contributed by atoms with Crippen LogP contribution in [0.2, 0.25) is 0 Å². The summed E-state index contributed by atoms with van der Waals surface area (Å²) in [7, 11) is 1.35. The van der Waals surface area contributed by atoms with Crippen LogP contribution in [0.1, 0.15) is 28.4 Å². The summed E-state index contributed by atoms with van der Waals surface area (Å²) in [5, 5.41) is 2.90. The van der Waals surface area contributed by atoms with E-state index in [1.54, 1.807) is 24.3 Å². The SMILES string of the molecule is CCc1cccc(C)c1N1CCN(C(=O)Nc2ccc(C(=O)OC)cc2)CC1. The van der Waals surface area contributed by atoms with E-state index in [4.69, 9.17) is 0 Å². The summed E-state index contributed by atoms with van der Waals surface area (Å²) < 4.78 is 4.68. The Bertz CT molecular complexity index is 841. The van der Waals surface area contributed by atoms with Gasteiger partial charge in [0.2, 0.25) is 0 Å². The number of rotatable bonds is 4.